The Balaban J connectivity index is 1.58. The Morgan fingerprint density at radius 3 is 2.67 bits per heavy atom. The topological polar surface area (TPSA) is 43.1 Å². The molecule has 0 aliphatic heterocycles. The zero-order chi connectivity index (χ0) is 14.5. The first-order chi connectivity index (χ1) is 10.3. The molecule has 1 aliphatic rings. The maximum atomic E-state index is 12.3. The van der Waals surface area contributed by atoms with Crippen LogP contribution < -0.4 is 0 Å². The van der Waals surface area contributed by atoms with Gasteiger partial charge in [0, 0.05) is 22.1 Å². The highest BCUT2D eigenvalue weighted by Crippen LogP contribution is 2.25. The van der Waals surface area contributed by atoms with Crippen LogP contribution in [-0.4, -0.2) is 14.9 Å². The summed E-state index contributed by atoms with van der Waals surface area (Å²) in [5.74, 6) is 2.57. The molecule has 1 fully saturated rings. The van der Waals surface area contributed by atoms with Gasteiger partial charge in [-0.05, 0) is 30.9 Å². The summed E-state index contributed by atoms with van der Waals surface area (Å²) in [6, 6.07) is 9.82. The lowest BCUT2D eigenvalue weighted by atomic mass is 9.91. The minimum Gasteiger partial charge on any atom is -0.444 e. The van der Waals surface area contributed by atoms with E-state index >= 15 is 0 Å². The summed E-state index contributed by atoms with van der Waals surface area (Å²) in [7, 11) is -0.834. The van der Waals surface area contributed by atoms with Crippen LogP contribution >= 0.6 is 0 Å². The van der Waals surface area contributed by atoms with Crippen LogP contribution in [0, 0.1) is 5.92 Å². The summed E-state index contributed by atoms with van der Waals surface area (Å²) in [5.41, 5.74) is 1.75. The summed E-state index contributed by atoms with van der Waals surface area (Å²) >= 11 is 0. The molecule has 0 saturated heterocycles. The molecule has 4 heteroatoms. The largest absolute Gasteiger partial charge is 0.444 e. The number of benzene rings is 1. The van der Waals surface area contributed by atoms with Crippen LogP contribution in [0.4, 0.5) is 0 Å². The maximum absolute atomic E-state index is 12.3. The summed E-state index contributed by atoms with van der Waals surface area (Å²) in [6.07, 6.45) is 8.04. The van der Waals surface area contributed by atoms with Crippen LogP contribution in [0.1, 0.15) is 37.8 Å². The molecule has 0 N–H and O–H groups in total. The van der Waals surface area contributed by atoms with Crippen molar-refractivity contribution in [3.8, 4) is 11.5 Å². The van der Waals surface area contributed by atoms with Gasteiger partial charge in [0.1, 0.15) is 6.26 Å². The lowest BCUT2D eigenvalue weighted by Crippen LogP contribution is -2.15. The molecule has 0 amide bonds. The molecule has 112 valence electrons. The van der Waals surface area contributed by atoms with Gasteiger partial charge in [0.05, 0.1) is 11.4 Å². The van der Waals surface area contributed by atoms with E-state index in [0.717, 1.165) is 17.0 Å². The van der Waals surface area contributed by atoms with Crippen molar-refractivity contribution in [1.82, 2.24) is 4.98 Å². The van der Waals surface area contributed by atoms with Crippen molar-refractivity contribution in [2.45, 2.75) is 37.9 Å². The third-order valence-electron chi connectivity index (χ3n) is 4.03. The van der Waals surface area contributed by atoms with Crippen LogP contribution in [0.5, 0.6) is 0 Å². The molecule has 0 unspecified atom stereocenters. The van der Waals surface area contributed by atoms with Gasteiger partial charge in [0.2, 0.25) is 5.89 Å². The van der Waals surface area contributed by atoms with Gasteiger partial charge in [-0.3, -0.25) is 4.21 Å². The zero-order valence-corrected chi connectivity index (χ0v) is 13.0. The van der Waals surface area contributed by atoms with Crippen molar-refractivity contribution in [2.24, 2.45) is 5.92 Å². The summed E-state index contributed by atoms with van der Waals surface area (Å²) in [6.45, 7) is 0. The Bertz CT molecular complexity index is 588. The molecular weight excluding hydrogens is 282 g/mol. The highest BCUT2D eigenvalue weighted by molar-refractivity contribution is 7.84. The summed E-state index contributed by atoms with van der Waals surface area (Å²) in [5, 5.41) is 0. The van der Waals surface area contributed by atoms with E-state index in [1.807, 2.05) is 30.3 Å². The van der Waals surface area contributed by atoms with E-state index in [9.17, 15) is 4.21 Å². The highest BCUT2D eigenvalue weighted by Gasteiger charge is 2.17. The Morgan fingerprint density at radius 1 is 1.14 bits per heavy atom. The fraction of sp³-hybridized carbons (Fsp3) is 0.471. The minimum atomic E-state index is -0.834. The highest BCUT2D eigenvalue weighted by atomic mass is 32.2. The van der Waals surface area contributed by atoms with Crippen LogP contribution in [0.25, 0.3) is 11.5 Å². The van der Waals surface area contributed by atoms with Crippen molar-refractivity contribution in [3.63, 3.8) is 0 Å². The van der Waals surface area contributed by atoms with Crippen molar-refractivity contribution >= 4 is 10.8 Å². The van der Waals surface area contributed by atoms with Gasteiger partial charge in [-0.15, -0.1) is 0 Å². The first-order valence-corrected chi connectivity index (χ1v) is 9.15. The average Bonchev–Trinajstić information content (AvgIpc) is 2.97. The zero-order valence-electron chi connectivity index (χ0n) is 12.2. The Kier molecular flexibility index (Phi) is 4.86. The number of hydrogen-bond acceptors (Lipinski definition) is 3. The number of hydrogen-bond donors (Lipinski definition) is 0. The molecule has 3 nitrogen and oxygen atoms in total. The van der Waals surface area contributed by atoms with E-state index < -0.39 is 10.8 Å². The predicted octanol–water partition coefficient (Wildman–Crippen LogP) is 4.17. The van der Waals surface area contributed by atoms with E-state index in [-0.39, 0.29) is 0 Å². The fourth-order valence-electron chi connectivity index (χ4n) is 2.93. The second-order valence-electron chi connectivity index (χ2n) is 5.76. The summed E-state index contributed by atoms with van der Waals surface area (Å²) in [4.78, 5) is 4.45. The first kappa shape index (κ1) is 14.5. The van der Waals surface area contributed by atoms with Crippen LogP contribution in [-0.2, 0) is 16.6 Å². The second-order valence-corrected chi connectivity index (χ2v) is 7.27. The molecule has 1 aromatic carbocycles. The molecule has 0 spiro atoms. The van der Waals surface area contributed by atoms with E-state index in [1.54, 1.807) is 6.26 Å². The molecular formula is C17H21NO2S. The van der Waals surface area contributed by atoms with Gasteiger partial charge in [0.25, 0.3) is 0 Å². The lowest BCUT2D eigenvalue weighted by Gasteiger charge is -2.20. The van der Waals surface area contributed by atoms with E-state index in [2.05, 4.69) is 4.98 Å². The fourth-order valence-corrected chi connectivity index (χ4v) is 4.37. The molecule has 1 aromatic heterocycles. The van der Waals surface area contributed by atoms with Crippen molar-refractivity contribution in [3.05, 3.63) is 42.3 Å². The number of nitrogens with zero attached hydrogens (tertiary/aromatic N) is 1. The van der Waals surface area contributed by atoms with E-state index in [4.69, 9.17) is 4.42 Å². The van der Waals surface area contributed by atoms with Gasteiger partial charge in [0.15, 0.2) is 0 Å². The molecule has 1 aliphatic carbocycles. The molecule has 0 radical (unpaired) electrons. The molecule has 21 heavy (non-hydrogen) atoms. The minimum absolute atomic E-state index is 0.507. The van der Waals surface area contributed by atoms with Crippen LogP contribution in [0.3, 0.4) is 0 Å². The SMILES string of the molecule is O=[S@@](Cc1coc(-c2ccccc2)n1)CC1CCCCC1. The molecule has 1 heterocycles. The molecule has 0 bridgehead atoms. The van der Waals surface area contributed by atoms with Crippen LogP contribution in [0.2, 0.25) is 0 Å². The second kappa shape index (κ2) is 7.03. The molecule has 2 aromatic rings. The summed E-state index contributed by atoms with van der Waals surface area (Å²) < 4.78 is 17.8. The Hall–Kier alpha value is -1.42. The average molecular weight is 303 g/mol. The van der Waals surface area contributed by atoms with Crippen molar-refractivity contribution < 1.29 is 8.63 Å². The third-order valence-corrected chi connectivity index (χ3v) is 5.49. The monoisotopic (exact) mass is 303 g/mol. The molecule has 1 saturated carbocycles. The Labute approximate surface area is 128 Å². The van der Waals surface area contributed by atoms with Crippen molar-refractivity contribution in [2.75, 3.05) is 5.75 Å². The maximum Gasteiger partial charge on any atom is 0.226 e. The van der Waals surface area contributed by atoms with Crippen LogP contribution in [0.15, 0.2) is 41.0 Å². The van der Waals surface area contributed by atoms with Crippen molar-refractivity contribution in [1.29, 1.82) is 0 Å². The number of oxazole rings is 1. The normalized spacial score (nSPS) is 17.7. The molecule has 1 atom stereocenters. The quantitative estimate of drug-likeness (QED) is 0.832. The standard InChI is InChI=1S/C17H21NO2S/c19-21(12-14-7-3-1-4-8-14)13-16-11-20-17(18-16)15-9-5-2-6-10-15/h2,5-6,9-11,14H,1,3-4,7-8,12-13H2/t21-/m1/s1. The predicted molar refractivity (Wildman–Crippen MR) is 85.2 cm³/mol. The smallest absolute Gasteiger partial charge is 0.226 e. The Morgan fingerprint density at radius 2 is 1.90 bits per heavy atom. The van der Waals surface area contributed by atoms with Gasteiger partial charge >= 0.3 is 0 Å². The van der Waals surface area contributed by atoms with Gasteiger partial charge < -0.3 is 4.42 Å². The van der Waals surface area contributed by atoms with E-state index in [0.29, 0.717) is 17.6 Å². The first-order valence-electron chi connectivity index (χ1n) is 7.66. The van der Waals surface area contributed by atoms with Gasteiger partial charge in [-0.2, -0.15) is 0 Å². The lowest BCUT2D eigenvalue weighted by molar-refractivity contribution is 0.388. The van der Waals surface area contributed by atoms with Gasteiger partial charge in [-0.1, -0.05) is 37.5 Å². The number of rotatable bonds is 5. The van der Waals surface area contributed by atoms with E-state index in [1.165, 1.54) is 32.1 Å². The molecule has 3 rings (SSSR count). The number of aromatic nitrogens is 1. The third kappa shape index (κ3) is 4.03. The van der Waals surface area contributed by atoms with Gasteiger partial charge in [-0.25, -0.2) is 4.98 Å².